The molecule has 6 nitrogen and oxygen atoms in total. The molecule has 0 aliphatic heterocycles. The summed E-state index contributed by atoms with van der Waals surface area (Å²) in [5.74, 6) is -0.173. The largest absolute Gasteiger partial charge is 0.468 e. The Morgan fingerprint density at radius 3 is 2.10 bits per heavy atom. The Morgan fingerprint density at radius 1 is 1.00 bits per heavy atom. The van der Waals surface area contributed by atoms with Crippen LogP contribution in [-0.2, 0) is 19.7 Å². The number of ether oxygens (including phenoxy) is 2. The molecule has 1 fully saturated rings. The van der Waals surface area contributed by atoms with Crippen LogP contribution in [0, 0.1) is 6.92 Å². The van der Waals surface area contributed by atoms with Gasteiger partial charge in [-0.15, -0.1) is 0 Å². The molecule has 0 radical (unpaired) electrons. The number of hydrogen-bond acceptors (Lipinski definition) is 6. The van der Waals surface area contributed by atoms with E-state index in [9.17, 15) is 9.59 Å². The third kappa shape index (κ3) is 3.38. The molecule has 4 rings (SSSR count). The Bertz CT molecular complexity index is 1080. The lowest BCUT2D eigenvalue weighted by atomic mass is 9.93. The number of rotatable bonds is 6. The first kappa shape index (κ1) is 19.9. The second-order valence-corrected chi connectivity index (χ2v) is 7.41. The Kier molecular flexibility index (Phi) is 5.16. The third-order valence-corrected chi connectivity index (χ3v) is 5.60. The number of carbonyl (C=O) groups is 2. The fourth-order valence-corrected chi connectivity index (χ4v) is 3.75. The SMILES string of the molecule is CCOC(=O)c1c(-c2ccc(-c3ccc(C4(C(=O)OC)CC4)cc3)cc2)noc1C. The molecule has 1 heterocycles. The van der Waals surface area contributed by atoms with Gasteiger partial charge in [-0.2, -0.15) is 0 Å². The molecule has 0 unspecified atom stereocenters. The van der Waals surface area contributed by atoms with Crippen LogP contribution in [0.4, 0.5) is 0 Å². The van der Waals surface area contributed by atoms with E-state index in [1.807, 2.05) is 48.5 Å². The van der Waals surface area contributed by atoms with E-state index >= 15 is 0 Å². The van der Waals surface area contributed by atoms with E-state index in [-0.39, 0.29) is 12.6 Å². The van der Waals surface area contributed by atoms with Crippen LogP contribution in [0.25, 0.3) is 22.4 Å². The first-order valence-corrected chi connectivity index (χ1v) is 9.93. The van der Waals surface area contributed by atoms with Crippen LogP contribution in [0.5, 0.6) is 0 Å². The lowest BCUT2D eigenvalue weighted by Crippen LogP contribution is -2.21. The molecule has 30 heavy (non-hydrogen) atoms. The monoisotopic (exact) mass is 405 g/mol. The summed E-state index contributed by atoms with van der Waals surface area (Å²) in [7, 11) is 1.43. The van der Waals surface area contributed by atoms with Crippen molar-refractivity contribution in [2.24, 2.45) is 0 Å². The molecule has 0 saturated heterocycles. The van der Waals surface area contributed by atoms with Crippen molar-refractivity contribution >= 4 is 11.9 Å². The Balaban J connectivity index is 1.58. The lowest BCUT2D eigenvalue weighted by molar-refractivity contribution is -0.143. The number of hydrogen-bond donors (Lipinski definition) is 0. The average molecular weight is 405 g/mol. The van der Waals surface area contributed by atoms with E-state index in [0.29, 0.717) is 17.0 Å². The van der Waals surface area contributed by atoms with Crippen LogP contribution in [0.1, 0.15) is 41.4 Å². The van der Waals surface area contributed by atoms with E-state index in [0.717, 1.165) is 35.1 Å². The highest BCUT2D eigenvalue weighted by atomic mass is 16.5. The maximum atomic E-state index is 12.2. The molecular formula is C24H23NO5. The van der Waals surface area contributed by atoms with E-state index in [4.69, 9.17) is 14.0 Å². The predicted octanol–water partition coefficient (Wildman–Crippen LogP) is 4.70. The van der Waals surface area contributed by atoms with Crippen molar-refractivity contribution in [3.05, 3.63) is 65.4 Å². The van der Waals surface area contributed by atoms with E-state index < -0.39 is 11.4 Å². The molecule has 1 aromatic heterocycles. The molecule has 3 aromatic rings. The zero-order valence-electron chi connectivity index (χ0n) is 17.2. The molecule has 0 N–H and O–H groups in total. The Morgan fingerprint density at radius 2 is 1.57 bits per heavy atom. The second-order valence-electron chi connectivity index (χ2n) is 7.41. The second kappa shape index (κ2) is 7.78. The molecule has 1 aliphatic carbocycles. The molecule has 0 bridgehead atoms. The van der Waals surface area contributed by atoms with Crippen molar-refractivity contribution in [2.45, 2.75) is 32.1 Å². The van der Waals surface area contributed by atoms with Crippen LogP contribution in [-0.4, -0.2) is 30.8 Å². The fourth-order valence-electron chi connectivity index (χ4n) is 3.75. The minimum Gasteiger partial charge on any atom is -0.468 e. The van der Waals surface area contributed by atoms with Gasteiger partial charge in [0, 0.05) is 5.56 Å². The van der Waals surface area contributed by atoms with Gasteiger partial charge in [-0.3, -0.25) is 4.79 Å². The number of nitrogens with zero attached hydrogens (tertiary/aromatic N) is 1. The number of carbonyl (C=O) groups excluding carboxylic acids is 2. The molecule has 154 valence electrons. The van der Waals surface area contributed by atoms with Crippen molar-refractivity contribution in [2.75, 3.05) is 13.7 Å². The summed E-state index contributed by atoms with van der Waals surface area (Å²) in [6.45, 7) is 3.74. The normalized spacial score (nSPS) is 14.2. The maximum Gasteiger partial charge on any atom is 0.344 e. The number of methoxy groups -OCH3 is 1. The van der Waals surface area contributed by atoms with Gasteiger partial charge in [0.2, 0.25) is 0 Å². The summed E-state index contributed by atoms with van der Waals surface area (Å²) in [6, 6.07) is 15.8. The fraction of sp³-hybridized carbons (Fsp3) is 0.292. The first-order valence-electron chi connectivity index (χ1n) is 9.93. The maximum absolute atomic E-state index is 12.2. The summed E-state index contributed by atoms with van der Waals surface area (Å²) >= 11 is 0. The number of aryl methyl sites for hydroxylation is 1. The Labute approximate surface area is 174 Å². The van der Waals surface area contributed by atoms with Gasteiger partial charge in [-0.25, -0.2) is 4.79 Å². The van der Waals surface area contributed by atoms with Crippen LogP contribution in [0.15, 0.2) is 53.1 Å². The predicted molar refractivity (Wildman–Crippen MR) is 111 cm³/mol. The number of esters is 2. The van der Waals surface area contributed by atoms with Crippen molar-refractivity contribution in [1.82, 2.24) is 5.16 Å². The standard InChI is InChI=1S/C24H23NO5/c1-4-29-22(26)20-15(2)30-25-21(20)18-7-5-16(6-8-18)17-9-11-19(12-10-17)24(13-14-24)23(27)28-3/h5-12H,4,13-14H2,1-3H3. The van der Waals surface area contributed by atoms with Gasteiger partial charge in [-0.05, 0) is 43.4 Å². The zero-order chi connectivity index (χ0) is 21.3. The van der Waals surface area contributed by atoms with E-state index in [1.165, 1.54) is 7.11 Å². The van der Waals surface area contributed by atoms with Gasteiger partial charge in [0.25, 0.3) is 0 Å². The van der Waals surface area contributed by atoms with Crippen LogP contribution in [0.2, 0.25) is 0 Å². The molecule has 1 saturated carbocycles. The van der Waals surface area contributed by atoms with Gasteiger partial charge >= 0.3 is 11.9 Å². The summed E-state index contributed by atoms with van der Waals surface area (Å²) in [6.07, 6.45) is 1.65. The topological polar surface area (TPSA) is 78.6 Å². The van der Waals surface area contributed by atoms with Crippen molar-refractivity contribution < 1.29 is 23.6 Å². The highest BCUT2D eigenvalue weighted by Gasteiger charge is 2.52. The van der Waals surface area contributed by atoms with Crippen molar-refractivity contribution in [3.8, 4) is 22.4 Å². The quantitative estimate of drug-likeness (QED) is 0.553. The third-order valence-electron chi connectivity index (χ3n) is 5.60. The van der Waals surface area contributed by atoms with Crippen molar-refractivity contribution in [1.29, 1.82) is 0 Å². The first-order chi connectivity index (χ1) is 14.5. The Hall–Kier alpha value is -3.41. The molecule has 0 amide bonds. The summed E-state index contributed by atoms with van der Waals surface area (Å²) in [4.78, 5) is 24.3. The summed E-state index contributed by atoms with van der Waals surface area (Å²) in [5, 5.41) is 4.04. The molecule has 6 heteroatoms. The van der Waals surface area contributed by atoms with Gasteiger partial charge in [0.1, 0.15) is 17.0 Å². The molecule has 0 atom stereocenters. The number of benzene rings is 2. The molecule has 2 aromatic carbocycles. The van der Waals surface area contributed by atoms with Gasteiger partial charge in [0.05, 0.1) is 19.1 Å². The zero-order valence-corrected chi connectivity index (χ0v) is 17.2. The van der Waals surface area contributed by atoms with Gasteiger partial charge in [-0.1, -0.05) is 53.7 Å². The minimum atomic E-state index is -0.467. The van der Waals surface area contributed by atoms with Crippen LogP contribution in [0.3, 0.4) is 0 Å². The van der Waals surface area contributed by atoms with E-state index in [1.54, 1.807) is 13.8 Å². The smallest absolute Gasteiger partial charge is 0.344 e. The number of aromatic nitrogens is 1. The summed E-state index contributed by atoms with van der Waals surface area (Å²) < 4.78 is 15.3. The highest BCUT2D eigenvalue weighted by Crippen LogP contribution is 2.49. The van der Waals surface area contributed by atoms with Crippen molar-refractivity contribution in [3.63, 3.8) is 0 Å². The summed E-state index contributed by atoms with van der Waals surface area (Å²) in [5.41, 5.74) is 4.18. The molecule has 1 aliphatic rings. The van der Waals surface area contributed by atoms with E-state index in [2.05, 4.69) is 5.16 Å². The molecule has 0 spiro atoms. The molecular weight excluding hydrogens is 382 g/mol. The minimum absolute atomic E-state index is 0.167. The van der Waals surface area contributed by atoms with Gasteiger partial charge in [0.15, 0.2) is 0 Å². The van der Waals surface area contributed by atoms with Crippen LogP contribution >= 0.6 is 0 Å². The van der Waals surface area contributed by atoms with Crippen LogP contribution < -0.4 is 0 Å². The lowest BCUT2D eigenvalue weighted by Gasteiger charge is -2.13. The average Bonchev–Trinajstić information content (AvgIpc) is 3.50. The highest BCUT2D eigenvalue weighted by molar-refractivity contribution is 5.97. The van der Waals surface area contributed by atoms with Gasteiger partial charge < -0.3 is 14.0 Å².